The molecular formula is C20H31NO2. The molecule has 0 unspecified atom stereocenters. The van der Waals surface area contributed by atoms with Crippen molar-refractivity contribution in [2.75, 3.05) is 12.3 Å². The molecule has 1 aromatic rings. The Hall–Kier alpha value is -1.51. The van der Waals surface area contributed by atoms with E-state index in [0.717, 1.165) is 30.7 Å². The van der Waals surface area contributed by atoms with Crippen LogP contribution < -0.4 is 10.5 Å². The molecule has 1 aromatic carbocycles. The van der Waals surface area contributed by atoms with Crippen LogP contribution in [0.15, 0.2) is 18.2 Å². The van der Waals surface area contributed by atoms with Gasteiger partial charge in [0.2, 0.25) is 0 Å². The number of unbranched alkanes of at least 4 members (excludes halogenated alkanes) is 1. The maximum absolute atomic E-state index is 12.7. The van der Waals surface area contributed by atoms with Gasteiger partial charge in [-0.1, -0.05) is 33.1 Å². The van der Waals surface area contributed by atoms with Crippen LogP contribution in [0.3, 0.4) is 0 Å². The third-order valence-electron chi connectivity index (χ3n) is 4.94. The monoisotopic (exact) mass is 317 g/mol. The van der Waals surface area contributed by atoms with Gasteiger partial charge in [-0.25, -0.2) is 0 Å². The molecule has 0 aromatic heterocycles. The van der Waals surface area contributed by atoms with Gasteiger partial charge in [0.15, 0.2) is 5.78 Å². The normalized spacial score (nSPS) is 21.1. The molecule has 0 spiro atoms. The molecule has 0 saturated heterocycles. The molecule has 1 fully saturated rings. The van der Waals surface area contributed by atoms with E-state index in [-0.39, 0.29) is 11.7 Å². The Balaban J connectivity index is 1.92. The van der Waals surface area contributed by atoms with Crippen molar-refractivity contribution in [3.63, 3.8) is 0 Å². The second-order valence-electron chi connectivity index (χ2n) is 6.83. The van der Waals surface area contributed by atoms with Gasteiger partial charge < -0.3 is 10.5 Å². The average Bonchev–Trinajstić information content (AvgIpc) is 2.58. The lowest BCUT2D eigenvalue weighted by atomic mass is 9.77. The van der Waals surface area contributed by atoms with E-state index in [1.807, 2.05) is 12.1 Å². The third-order valence-corrected chi connectivity index (χ3v) is 4.94. The number of nitrogens with two attached hydrogens (primary N) is 1. The molecule has 3 heteroatoms. The lowest BCUT2D eigenvalue weighted by Gasteiger charge is -2.27. The summed E-state index contributed by atoms with van der Waals surface area (Å²) in [5.74, 6) is 1.95. The highest BCUT2D eigenvalue weighted by Gasteiger charge is 2.27. The molecule has 1 aliphatic carbocycles. The van der Waals surface area contributed by atoms with E-state index in [9.17, 15) is 4.79 Å². The Kier molecular flexibility index (Phi) is 6.94. The molecule has 1 aliphatic rings. The van der Waals surface area contributed by atoms with Crippen LogP contribution in [-0.2, 0) is 0 Å². The summed E-state index contributed by atoms with van der Waals surface area (Å²) in [6.07, 6.45) is 9.31. The summed E-state index contributed by atoms with van der Waals surface area (Å²) in [5.41, 5.74) is 7.34. The summed E-state index contributed by atoms with van der Waals surface area (Å²) in [5, 5.41) is 0. The minimum Gasteiger partial charge on any atom is -0.491 e. The fraction of sp³-hybridized carbons (Fsp3) is 0.650. The molecule has 0 bridgehead atoms. The second-order valence-corrected chi connectivity index (χ2v) is 6.83. The molecule has 23 heavy (non-hydrogen) atoms. The van der Waals surface area contributed by atoms with Gasteiger partial charge in [-0.2, -0.15) is 0 Å². The van der Waals surface area contributed by atoms with Gasteiger partial charge in [0.25, 0.3) is 0 Å². The van der Waals surface area contributed by atoms with Gasteiger partial charge in [0.05, 0.1) is 12.3 Å². The molecule has 0 radical (unpaired) electrons. The van der Waals surface area contributed by atoms with Crippen molar-refractivity contribution in [3.8, 4) is 5.75 Å². The molecule has 0 heterocycles. The van der Waals surface area contributed by atoms with Crippen molar-refractivity contribution in [1.29, 1.82) is 0 Å². The van der Waals surface area contributed by atoms with Crippen LogP contribution in [0.2, 0.25) is 0 Å². The van der Waals surface area contributed by atoms with E-state index >= 15 is 0 Å². The molecule has 3 nitrogen and oxygen atoms in total. The van der Waals surface area contributed by atoms with Crippen LogP contribution >= 0.6 is 0 Å². The first-order chi connectivity index (χ1) is 11.2. The van der Waals surface area contributed by atoms with E-state index < -0.39 is 0 Å². The number of hydrogen-bond donors (Lipinski definition) is 1. The topological polar surface area (TPSA) is 52.3 Å². The zero-order valence-corrected chi connectivity index (χ0v) is 14.6. The van der Waals surface area contributed by atoms with Crippen molar-refractivity contribution < 1.29 is 9.53 Å². The number of anilines is 1. The van der Waals surface area contributed by atoms with E-state index in [2.05, 4.69) is 13.8 Å². The smallest absolute Gasteiger partial charge is 0.166 e. The van der Waals surface area contributed by atoms with Crippen LogP contribution in [0, 0.1) is 11.8 Å². The number of nitrogen functional groups attached to an aromatic ring is 1. The van der Waals surface area contributed by atoms with Gasteiger partial charge in [0, 0.05) is 11.5 Å². The molecule has 128 valence electrons. The number of ether oxygens (including phenoxy) is 1. The van der Waals surface area contributed by atoms with Crippen molar-refractivity contribution in [3.05, 3.63) is 23.8 Å². The highest BCUT2D eigenvalue weighted by Crippen LogP contribution is 2.34. The summed E-state index contributed by atoms with van der Waals surface area (Å²) < 4.78 is 5.58. The fourth-order valence-electron chi connectivity index (χ4n) is 3.49. The minimum atomic E-state index is 0.176. The number of carbonyl (C=O) groups excluding carboxylic acids is 1. The predicted octanol–water partition coefficient (Wildman–Crippen LogP) is 5.24. The molecule has 1 saturated carbocycles. The van der Waals surface area contributed by atoms with Crippen molar-refractivity contribution in [2.24, 2.45) is 11.8 Å². The zero-order valence-electron chi connectivity index (χ0n) is 14.6. The predicted molar refractivity (Wildman–Crippen MR) is 95.9 cm³/mol. The maximum Gasteiger partial charge on any atom is 0.166 e. The number of rotatable bonds is 8. The maximum atomic E-state index is 12.7. The number of ketones is 1. The number of carbonyl (C=O) groups is 1. The van der Waals surface area contributed by atoms with Crippen molar-refractivity contribution in [1.82, 2.24) is 0 Å². The van der Waals surface area contributed by atoms with Gasteiger partial charge in [-0.05, 0) is 56.2 Å². The minimum absolute atomic E-state index is 0.176. The van der Waals surface area contributed by atoms with Gasteiger partial charge >= 0.3 is 0 Å². The fourth-order valence-corrected chi connectivity index (χ4v) is 3.49. The summed E-state index contributed by atoms with van der Waals surface area (Å²) in [7, 11) is 0. The van der Waals surface area contributed by atoms with Gasteiger partial charge in [-0.15, -0.1) is 0 Å². The summed E-state index contributed by atoms with van der Waals surface area (Å²) in [6.45, 7) is 4.96. The Morgan fingerprint density at radius 3 is 2.52 bits per heavy atom. The first kappa shape index (κ1) is 17.8. The average molecular weight is 317 g/mol. The van der Waals surface area contributed by atoms with E-state index in [1.165, 1.54) is 32.1 Å². The lowest BCUT2D eigenvalue weighted by molar-refractivity contribution is 0.0869. The lowest BCUT2D eigenvalue weighted by Crippen LogP contribution is -2.22. The molecule has 0 atom stereocenters. The Morgan fingerprint density at radius 2 is 1.91 bits per heavy atom. The number of hydrogen-bond acceptors (Lipinski definition) is 3. The van der Waals surface area contributed by atoms with Crippen molar-refractivity contribution in [2.45, 2.75) is 65.2 Å². The van der Waals surface area contributed by atoms with Crippen LogP contribution in [0.5, 0.6) is 5.75 Å². The van der Waals surface area contributed by atoms with Gasteiger partial charge in [-0.3, -0.25) is 4.79 Å². The standard InChI is InChI=1S/C20H31NO2/c1-3-5-6-15-7-9-16(10-8-15)20(22)17-11-12-19(18(21)14-17)23-13-4-2/h11-12,14-16H,3-10,13,21H2,1-2H3. The van der Waals surface area contributed by atoms with Crippen LogP contribution in [-0.4, -0.2) is 12.4 Å². The van der Waals surface area contributed by atoms with Crippen LogP contribution in [0.25, 0.3) is 0 Å². The highest BCUT2D eigenvalue weighted by molar-refractivity contribution is 5.99. The first-order valence-corrected chi connectivity index (χ1v) is 9.22. The Morgan fingerprint density at radius 1 is 1.17 bits per heavy atom. The summed E-state index contributed by atoms with van der Waals surface area (Å²) in [4.78, 5) is 12.7. The third kappa shape index (κ3) is 4.98. The second kappa shape index (κ2) is 8.95. The molecular weight excluding hydrogens is 286 g/mol. The Labute approximate surface area is 140 Å². The first-order valence-electron chi connectivity index (χ1n) is 9.22. The summed E-state index contributed by atoms with van der Waals surface area (Å²) in [6, 6.07) is 5.49. The van der Waals surface area contributed by atoms with Crippen molar-refractivity contribution >= 4 is 11.5 Å². The van der Waals surface area contributed by atoms with E-state index in [4.69, 9.17) is 10.5 Å². The summed E-state index contributed by atoms with van der Waals surface area (Å²) >= 11 is 0. The zero-order chi connectivity index (χ0) is 16.7. The molecule has 0 aliphatic heterocycles. The van der Waals surface area contributed by atoms with E-state index in [0.29, 0.717) is 18.0 Å². The SMILES string of the molecule is CCCCC1CCC(C(=O)c2ccc(OCCC)c(N)c2)CC1. The quantitative estimate of drug-likeness (QED) is 0.527. The van der Waals surface area contributed by atoms with E-state index in [1.54, 1.807) is 6.07 Å². The van der Waals surface area contributed by atoms with Gasteiger partial charge in [0.1, 0.15) is 5.75 Å². The highest BCUT2D eigenvalue weighted by atomic mass is 16.5. The number of Topliss-reactive ketones (excluding diaryl/α,β-unsaturated/α-hetero) is 1. The molecule has 2 rings (SSSR count). The van der Waals surface area contributed by atoms with Crippen LogP contribution in [0.4, 0.5) is 5.69 Å². The Bertz CT molecular complexity index is 504. The number of benzene rings is 1. The van der Waals surface area contributed by atoms with Crippen LogP contribution in [0.1, 0.15) is 75.6 Å². The largest absolute Gasteiger partial charge is 0.491 e. The molecule has 0 amide bonds. The molecule has 2 N–H and O–H groups in total.